The largest absolute Gasteiger partial charge is 0.469 e. The number of hydrogen-bond acceptors (Lipinski definition) is 6. The molecule has 2 aromatic rings. The van der Waals surface area contributed by atoms with Gasteiger partial charge in [0.05, 0.1) is 23.5 Å². The number of amides is 1. The van der Waals surface area contributed by atoms with E-state index < -0.39 is 68.1 Å². The van der Waals surface area contributed by atoms with E-state index in [9.17, 15) is 53.8 Å². The van der Waals surface area contributed by atoms with Crippen molar-refractivity contribution < 1.29 is 58.6 Å². The number of hydrogen-bond donors (Lipinski definition) is 1. The Morgan fingerprint density at radius 3 is 1.98 bits per heavy atom. The Balaban J connectivity index is 1.76. The smallest absolute Gasteiger partial charge is 0.435 e. The predicted molar refractivity (Wildman–Crippen MR) is 155 cm³/mol. The van der Waals surface area contributed by atoms with Crippen LogP contribution in [0.4, 0.5) is 30.7 Å². The highest BCUT2D eigenvalue weighted by molar-refractivity contribution is 7.92. The van der Waals surface area contributed by atoms with Crippen molar-refractivity contribution in [3.63, 3.8) is 0 Å². The molecule has 4 rings (SSSR count). The van der Waals surface area contributed by atoms with Crippen LogP contribution >= 0.6 is 0 Å². The number of alkyl halides is 7. The number of halogens is 7. The standard InChI is InChI=1S/C32H36F7NO6S/c1-28(2,43)18-20-5-4-6-25(17-20)47(44,45)29(23-11-13-24(14-12-23)30(33,31(34,35)36)32(37,38)39)15-16-40(19-29)26(41)21-7-9-22(10-8-21)27(42)46-3/h4-6,11-14,17,21-22,43H,7-10,15-16,18-19H2,1-3H3. The van der Waals surface area contributed by atoms with Crippen LogP contribution in [0.15, 0.2) is 53.4 Å². The van der Waals surface area contributed by atoms with Gasteiger partial charge < -0.3 is 14.7 Å². The van der Waals surface area contributed by atoms with E-state index in [1.165, 1.54) is 44.1 Å². The van der Waals surface area contributed by atoms with Gasteiger partial charge in [-0.1, -0.05) is 36.4 Å². The van der Waals surface area contributed by atoms with Crippen molar-refractivity contribution in [1.29, 1.82) is 0 Å². The van der Waals surface area contributed by atoms with Crippen LogP contribution in [0.1, 0.15) is 62.6 Å². The van der Waals surface area contributed by atoms with E-state index in [2.05, 4.69) is 0 Å². The Labute approximate surface area is 268 Å². The number of aliphatic hydroxyl groups is 1. The van der Waals surface area contributed by atoms with Crippen LogP contribution in [0.25, 0.3) is 0 Å². The van der Waals surface area contributed by atoms with Crippen LogP contribution in [0.3, 0.4) is 0 Å². The van der Waals surface area contributed by atoms with Gasteiger partial charge in [-0.05, 0) is 69.2 Å². The number of esters is 1. The first-order valence-corrected chi connectivity index (χ1v) is 16.4. The summed E-state index contributed by atoms with van der Waals surface area (Å²) in [6, 6.07) is 7.63. The topological polar surface area (TPSA) is 101 Å². The predicted octanol–water partition coefficient (Wildman–Crippen LogP) is 6.17. The normalized spacial score (nSPS) is 23.1. The monoisotopic (exact) mass is 695 g/mol. The average molecular weight is 696 g/mol. The Bertz CT molecular complexity index is 1560. The number of benzene rings is 2. The maximum atomic E-state index is 14.8. The van der Waals surface area contributed by atoms with Gasteiger partial charge in [-0.25, -0.2) is 12.8 Å². The fraction of sp³-hybridized carbons (Fsp3) is 0.562. The first-order valence-electron chi connectivity index (χ1n) is 14.9. The fourth-order valence-electron chi connectivity index (χ4n) is 6.62. The van der Waals surface area contributed by atoms with Crippen molar-refractivity contribution in [2.45, 2.75) is 85.6 Å². The molecule has 15 heteroatoms. The van der Waals surface area contributed by atoms with Gasteiger partial charge in [0.25, 0.3) is 0 Å². The molecule has 1 heterocycles. The van der Waals surface area contributed by atoms with Gasteiger partial charge in [0.1, 0.15) is 4.75 Å². The summed E-state index contributed by atoms with van der Waals surface area (Å²) in [6.07, 6.45) is -11.5. The van der Waals surface area contributed by atoms with Crippen molar-refractivity contribution in [1.82, 2.24) is 4.90 Å². The highest BCUT2D eigenvalue weighted by Gasteiger charge is 2.73. The molecule has 1 aliphatic carbocycles. The summed E-state index contributed by atoms with van der Waals surface area (Å²) in [5.74, 6) is -1.72. The number of methoxy groups -OCH3 is 1. The molecule has 2 fully saturated rings. The van der Waals surface area contributed by atoms with Crippen LogP contribution in [0.5, 0.6) is 0 Å². The molecule has 1 atom stereocenters. The fourth-order valence-corrected chi connectivity index (χ4v) is 8.77. The Morgan fingerprint density at radius 2 is 1.47 bits per heavy atom. The molecule has 0 radical (unpaired) electrons. The molecule has 260 valence electrons. The number of ether oxygens (including phenoxy) is 1. The number of carbonyl (C=O) groups is 2. The van der Waals surface area contributed by atoms with E-state index in [0.29, 0.717) is 31.2 Å². The zero-order valence-corrected chi connectivity index (χ0v) is 26.7. The summed E-state index contributed by atoms with van der Waals surface area (Å²) in [7, 11) is -3.27. The van der Waals surface area contributed by atoms with E-state index >= 15 is 0 Å². The zero-order chi connectivity index (χ0) is 35.2. The SMILES string of the molecule is COC(=O)C1CCC(C(=O)N2CCC(c3ccc(C(F)(C(F)(F)F)C(F)(F)F)cc3)(S(=O)(=O)c3cccc(CC(C)(C)O)c3)C2)CC1. The molecule has 0 aromatic heterocycles. The minimum absolute atomic E-state index is 0.0599. The van der Waals surface area contributed by atoms with Crippen LogP contribution in [0, 0.1) is 11.8 Å². The zero-order valence-electron chi connectivity index (χ0n) is 25.9. The number of rotatable bonds is 8. The molecule has 1 amide bonds. The van der Waals surface area contributed by atoms with Gasteiger partial charge in [0, 0.05) is 31.0 Å². The highest BCUT2D eigenvalue weighted by Crippen LogP contribution is 2.54. The molecular weight excluding hydrogens is 659 g/mol. The molecule has 0 bridgehead atoms. The summed E-state index contributed by atoms with van der Waals surface area (Å²) in [5.41, 5.74) is -8.47. The van der Waals surface area contributed by atoms with Crippen molar-refractivity contribution in [3.05, 3.63) is 65.2 Å². The molecule has 7 nitrogen and oxygen atoms in total. The third kappa shape index (κ3) is 6.87. The summed E-state index contributed by atoms with van der Waals surface area (Å²) < 4.78 is 127. The molecule has 1 saturated heterocycles. The summed E-state index contributed by atoms with van der Waals surface area (Å²) in [6.45, 7) is 2.46. The minimum Gasteiger partial charge on any atom is -0.469 e. The van der Waals surface area contributed by atoms with E-state index in [4.69, 9.17) is 4.74 Å². The lowest BCUT2D eigenvalue weighted by Gasteiger charge is -2.33. The summed E-state index contributed by atoms with van der Waals surface area (Å²) >= 11 is 0. The maximum Gasteiger partial charge on any atom is 0.435 e. The molecule has 2 aromatic carbocycles. The quantitative estimate of drug-likeness (QED) is 0.262. The van der Waals surface area contributed by atoms with Crippen molar-refractivity contribution in [2.75, 3.05) is 20.2 Å². The van der Waals surface area contributed by atoms with Crippen molar-refractivity contribution >= 4 is 21.7 Å². The molecule has 1 saturated carbocycles. The molecule has 1 unspecified atom stereocenters. The number of sulfone groups is 1. The lowest BCUT2D eigenvalue weighted by Crippen LogP contribution is -2.50. The second-order valence-electron chi connectivity index (χ2n) is 12.9. The second kappa shape index (κ2) is 12.7. The van der Waals surface area contributed by atoms with E-state index in [1.54, 1.807) is 6.07 Å². The van der Waals surface area contributed by atoms with Crippen LogP contribution in [-0.2, 0) is 41.0 Å². The summed E-state index contributed by atoms with van der Waals surface area (Å²) in [5, 5.41) is 10.3. The molecular formula is C32H36F7NO6S. The van der Waals surface area contributed by atoms with Gasteiger partial charge >= 0.3 is 24.0 Å². The molecule has 47 heavy (non-hydrogen) atoms. The molecule has 1 aliphatic heterocycles. The van der Waals surface area contributed by atoms with Crippen LogP contribution in [-0.4, -0.2) is 68.5 Å². The van der Waals surface area contributed by atoms with Gasteiger partial charge in [0.2, 0.25) is 5.91 Å². The second-order valence-corrected chi connectivity index (χ2v) is 15.2. The van der Waals surface area contributed by atoms with Crippen molar-refractivity contribution in [3.8, 4) is 0 Å². The van der Waals surface area contributed by atoms with Gasteiger partial charge in [-0.2, -0.15) is 26.3 Å². The average Bonchev–Trinajstić information content (AvgIpc) is 3.46. The Kier molecular flexibility index (Phi) is 9.88. The number of carbonyl (C=O) groups excluding carboxylic acids is 2. The van der Waals surface area contributed by atoms with Gasteiger partial charge in [-0.15, -0.1) is 0 Å². The number of nitrogens with zero attached hydrogens (tertiary/aromatic N) is 1. The Hall–Kier alpha value is -3.20. The first-order chi connectivity index (χ1) is 21.6. The maximum absolute atomic E-state index is 14.8. The Morgan fingerprint density at radius 1 is 0.915 bits per heavy atom. The number of likely N-dealkylation sites (tertiary alicyclic amines) is 1. The van der Waals surface area contributed by atoms with E-state index in [1.807, 2.05) is 0 Å². The lowest BCUT2D eigenvalue weighted by atomic mass is 9.81. The van der Waals surface area contributed by atoms with Gasteiger partial charge in [-0.3, -0.25) is 9.59 Å². The van der Waals surface area contributed by atoms with Gasteiger partial charge in [0.15, 0.2) is 9.84 Å². The van der Waals surface area contributed by atoms with E-state index in [-0.39, 0.29) is 47.9 Å². The lowest BCUT2D eigenvalue weighted by molar-refractivity contribution is -0.348. The van der Waals surface area contributed by atoms with Crippen LogP contribution < -0.4 is 0 Å². The molecule has 0 spiro atoms. The third-order valence-electron chi connectivity index (χ3n) is 9.10. The molecule has 2 aliphatic rings. The van der Waals surface area contributed by atoms with Crippen LogP contribution in [0.2, 0.25) is 0 Å². The molecule has 1 N–H and O–H groups in total. The van der Waals surface area contributed by atoms with E-state index in [0.717, 1.165) is 12.1 Å². The minimum atomic E-state index is -6.36. The third-order valence-corrected chi connectivity index (χ3v) is 11.6. The van der Waals surface area contributed by atoms with Crippen molar-refractivity contribution in [2.24, 2.45) is 11.8 Å². The highest BCUT2D eigenvalue weighted by atomic mass is 32.2. The summed E-state index contributed by atoms with van der Waals surface area (Å²) in [4.78, 5) is 26.6. The first kappa shape index (κ1) is 36.6.